The predicted molar refractivity (Wildman–Crippen MR) is 44.1 cm³/mol. The summed E-state index contributed by atoms with van der Waals surface area (Å²) in [7, 11) is 0. The topological polar surface area (TPSA) is 52.3 Å². The van der Waals surface area contributed by atoms with Crippen molar-refractivity contribution < 1.29 is 9.53 Å². The van der Waals surface area contributed by atoms with Gasteiger partial charge in [0.25, 0.3) is 0 Å². The summed E-state index contributed by atoms with van der Waals surface area (Å²) in [4.78, 5) is 10.8. The van der Waals surface area contributed by atoms with Gasteiger partial charge in [-0.3, -0.25) is 4.79 Å². The van der Waals surface area contributed by atoms with Crippen LogP contribution in [0.25, 0.3) is 0 Å². The first-order valence-corrected chi connectivity index (χ1v) is 3.88. The van der Waals surface area contributed by atoms with Crippen LogP contribution in [-0.2, 0) is 9.53 Å². The molecular formula is C8H17NO2. The number of nitrogens with two attached hydrogens (primary N) is 1. The molecule has 0 aliphatic rings. The molecular weight excluding hydrogens is 142 g/mol. The molecule has 3 nitrogen and oxygen atoms in total. The molecule has 0 unspecified atom stereocenters. The van der Waals surface area contributed by atoms with Crippen molar-refractivity contribution in [1.82, 2.24) is 0 Å². The lowest BCUT2D eigenvalue weighted by atomic mass is 9.94. The van der Waals surface area contributed by atoms with E-state index in [1.807, 2.05) is 6.92 Å². The van der Waals surface area contributed by atoms with E-state index >= 15 is 0 Å². The molecule has 0 aliphatic carbocycles. The minimum Gasteiger partial charge on any atom is -0.380 e. The third-order valence-corrected chi connectivity index (χ3v) is 1.48. The number of hydrogen-bond acceptors (Lipinski definition) is 2. The number of rotatable bonds is 5. The monoisotopic (exact) mass is 159 g/mol. The maximum atomic E-state index is 10.8. The Balaban J connectivity index is 3.64. The largest absolute Gasteiger partial charge is 0.380 e. The number of carbonyl (C=O) groups is 1. The molecule has 0 aromatic heterocycles. The average Bonchev–Trinajstić information content (AvgIpc) is 1.88. The van der Waals surface area contributed by atoms with E-state index in [-0.39, 0.29) is 5.91 Å². The molecule has 0 rings (SSSR count). The van der Waals surface area contributed by atoms with Crippen LogP contribution in [-0.4, -0.2) is 19.1 Å². The molecule has 0 fully saturated rings. The summed E-state index contributed by atoms with van der Waals surface area (Å²) in [5.74, 6) is -0.311. The quantitative estimate of drug-likeness (QED) is 0.606. The van der Waals surface area contributed by atoms with Gasteiger partial charge in [-0.2, -0.15) is 0 Å². The van der Waals surface area contributed by atoms with Crippen LogP contribution >= 0.6 is 0 Å². The van der Waals surface area contributed by atoms with Crippen LogP contribution in [0.3, 0.4) is 0 Å². The van der Waals surface area contributed by atoms with Gasteiger partial charge >= 0.3 is 0 Å². The third-order valence-electron chi connectivity index (χ3n) is 1.48. The minimum absolute atomic E-state index is 0.311. The highest BCUT2D eigenvalue weighted by Gasteiger charge is 2.24. The second-order valence-corrected chi connectivity index (χ2v) is 3.30. The van der Waals surface area contributed by atoms with E-state index < -0.39 is 5.41 Å². The molecule has 0 saturated heterocycles. The molecule has 0 atom stereocenters. The highest BCUT2D eigenvalue weighted by Crippen LogP contribution is 2.13. The van der Waals surface area contributed by atoms with Crippen molar-refractivity contribution in [3.8, 4) is 0 Å². The van der Waals surface area contributed by atoms with Gasteiger partial charge in [0.15, 0.2) is 0 Å². The van der Waals surface area contributed by atoms with Crippen LogP contribution in [0.2, 0.25) is 0 Å². The van der Waals surface area contributed by atoms with Gasteiger partial charge in [-0.25, -0.2) is 0 Å². The molecule has 0 aromatic rings. The lowest BCUT2D eigenvalue weighted by Crippen LogP contribution is -2.35. The van der Waals surface area contributed by atoms with Crippen LogP contribution in [0.5, 0.6) is 0 Å². The summed E-state index contributed by atoms with van der Waals surface area (Å²) in [6.45, 7) is 6.69. The first-order chi connectivity index (χ1) is 5.00. The average molecular weight is 159 g/mol. The molecule has 0 aromatic carbocycles. The summed E-state index contributed by atoms with van der Waals surface area (Å²) in [6, 6.07) is 0. The molecule has 0 spiro atoms. The zero-order chi connectivity index (χ0) is 8.91. The van der Waals surface area contributed by atoms with E-state index in [0.29, 0.717) is 13.2 Å². The fourth-order valence-electron chi connectivity index (χ4n) is 0.543. The van der Waals surface area contributed by atoms with Crippen LogP contribution in [0.4, 0.5) is 0 Å². The lowest BCUT2D eigenvalue weighted by Gasteiger charge is -2.19. The number of ether oxygens (including phenoxy) is 1. The smallest absolute Gasteiger partial charge is 0.225 e. The Morgan fingerprint density at radius 3 is 2.45 bits per heavy atom. The van der Waals surface area contributed by atoms with Crippen molar-refractivity contribution in [3.05, 3.63) is 0 Å². The number of hydrogen-bond donors (Lipinski definition) is 1. The predicted octanol–water partition coefficient (Wildman–Crippen LogP) is 0.924. The van der Waals surface area contributed by atoms with Crippen molar-refractivity contribution in [3.63, 3.8) is 0 Å². The first kappa shape index (κ1) is 10.4. The first-order valence-electron chi connectivity index (χ1n) is 3.88. The number of amides is 1. The molecule has 0 aliphatic heterocycles. The Morgan fingerprint density at radius 1 is 1.55 bits per heavy atom. The molecule has 0 saturated carbocycles. The van der Waals surface area contributed by atoms with E-state index in [4.69, 9.17) is 10.5 Å². The molecule has 2 N–H and O–H groups in total. The normalized spacial score (nSPS) is 11.5. The van der Waals surface area contributed by atoms with E-state index in [9.17, 15) is 4.79 Å². The second-order valence-electron chi connectivity index (χ2n) is 3.30. The van der Waals surface area contributed by atoms with Crippen LogP contribution in [0.15, 0.2) is 0 Å². The second kappa shape index (κ2) is 4.34. The molecule has 1 amide bonds. The van der Waals surface area contributed by atoms with Gasteiger partial charge in [0, 0.05) is 6.61 Å². The van der Waals surface area contributed by atoms with Gasteiger partial charge in [0.2, 0.25) is 5.91 Å². The molecule has 0 bridgehead atoms. The van der Waals surface area contributed by atoms with E-state index in [2.05, 4.69) is 0 Å². The molecule has 11 heavy (non-hydrogen) atoms. The summed E-state index contributed by atoms with van der Waals surface area (Å²) < 4.78 is 5.21. The van der Waals surface area contributed by atoms with E-state index in [0.717, 1.165) is 6.42 Å². The van der Waals surface area contributed by atoms with Crippen LogP contribution < -0.4 is 5.73 Å². The Morgan fingerprint density at radius 2 is 2.09 bits per heavy atom. The Hall–Kier alpha value is -0.570. The lowest BCUT2D eigenvalue weighted by molar-refractivity contribution is -0.129. The Kier molecular flexibility index (Phi) is 4.11. The summed E-state index contributed by atoms with van der Waals surface area (Å²) in [5.41, 5.74) is 4.60. The highest BCUT2D eigenvalue weighted by atomic mass is 16.5. The highest BCUT2D eigenvalue weighted by molar-refractivity contribution is 5.80. The third kappa shape index (κ3) is 3.98. The van der Waals surface area contributed by atoms with Crippen molar-refractivity contribution in [1.29, 1.82) is 0 Å². The summed E-state index contributed by atoms with van der Waals surface area (Å²) >= 11 is 0. The van der Waals surface area contributed by atoms with Crippen molar-refractivity contribution in [2.45, 2.75) is 27.2 Å². The summed E-state index contributed by atoms with van der Waals surface area (Å²) in [5, 5.41) is 0. The summed E-state index contributed by atoms with van der Waals surface area (Å²) in [6.07, 6.45) is 0.967. The van der Waals surface area contributed by atoms with Gasteiger partial charge in [-0.15, -0.1) is 0 Å². The SMILES string of the molecule is CCCOCC(C)(C)C(N)=O. The van der Waals surface area contributed by atoms with Crippen LogP contribution in [0.1, 0.15) is 27.2 Å². The molecule has 3 heteroatoms. The van der Waals surface area contributed by atoms with Crippen molar-refractivity contribution in [2.75, 3.05) is 13.2 Å². The van der Waals surface area contributed by atoms with Gasteiger partial charge in [0.1, 0.15) is 0 Å². The van der Waals surface area contributed by atoms with Gasteiger partial charge in [0.05, 0.1) is 12.0 Å². The van der Waals surface area contributed by atoms with E-state index in [1.165, 1.54) is 0 Å². The Bertz CT molecular complexity index is 132. The zero-order valence-corrected chi connectivity index (χ0v) is 7.52. The maximum Gasteiger partial charge on any atom is 0.225 e. The molecule has 66 valence electrons. The molecule has 0 heterocycles. The number of primary amides is 1. The standard InChI is InChI=1S/C8H17NO2/c1-4-5-11-6-8(2,3)7(9)10/h4-6H2,1-3H3,(H2,9,10). The fourth-order valence-corrected chi connectivity index (χ4v) is 0.543. The van der Waals surface area contributed by atoms with Crippen molar-refractivity contribution in [2.24, 2.45) is 11.1 Å². The van der Waals surface area contributed by atoms with Gasteiger partial charge < -0.3 is 10.5 Å². The minimum atomic E-state index is -0.533. The van der Waals surface area contributed by atoms with E-state index in [1.54, 1.807) is 13.8 Å². The zero-order valence-electron chi connectivity index (χ0n) is 7.52. The van der Waals surface area contributed by atoms with Gasteiger partial charge in [-0.05, 0) is 20.3 Å². The fraction of sp³-hybridized carbons (Fsp3) is 0.875. The van der Waals surface area contributed by atoms with Crippen molar-refractivity contribution >= 4 is 5.91 Å². The molecule has 0 radical (unpaired) electrons. The Labute approximate surface area is 67.9 Å². The maximum absolute atomic E-state index is 10.8. The number of carbonyl (C=O) groups excluding carboxylic acids is 1. The van der Waals surface area contributed by atoms with Crippen LogP contribution in [0, 0.1) is 5.41 Å². The van der Waals surface area contributed by atoms with Gasteiger partial charge in [-0.1, -0.05) is 6.92 Å².